The minimum absolute atomic E-state index is 0.0287. The molecule has 0 bridgehead atoms. The molecule has 0 aliphatic heterocycles. The zero-order chi connectivity index (χ0) is 13.8. The van der Waals surface area contributed by atoms with Crippen LogP contribution in [0.4, 0.5) is 0 Å². The van der Waals surface area contributed by atoms with Crippen molar-refractivity contribution >= 4 is 38.8 Å². The van der Waals surface area contributed by atoms with Gasteiger partial charge >= 0.3 is 0 Å². The lowest BCUT2D eigenvalue weighted by molar-refractivity contribution is 0.0925. The summed E-state index contributed by atoms with van der Waals surface area (Å²) >= 11 is 4.68. The summed E-state index contributed by atoms with van der Waals surface area (Å²) in [7, 11) is 0. The molecule has 5 heteroatoms. The maximum absolute atomic E-state index is 11.8. The highest BCUT2D eigenvalue weighted by atomic mass is 79.9. The van der Waals surface area contributed by atoms with Crippen LogP contribution in [0.5, 0.6) is 5.75 Å². The Morgan fingerprint density at radius 2 is 2.05 bits per heavy atom. The smallest absolute Gasteiger partial charge is 0.210 e. The highest BCUT2D eigenvalue weighted by Crippen LogP contribution is 2.22. The third-order valence-corrected chi connectivity index (χ3v) is 4.12. The molecule has 1 aromatic carbocycles. The fourth-order valence-electron chi connectivity index (χ4n) is 1.49. The number of thiophene rings is 1. The molecule has 0 saturated carbocycles. The number of ketones is 2. The van der Waals surface area contributed by atoms with E-state index in [2.05, 4.69) is 15.9 Å². The monoisotopic (exact) mass is 338 g/mol. The van der Waals surface area contributed by atoms with Crippen LogP contribution in [-0.2, 0) is 0 Å². The van der Waals surface area contributed by atoms with Crippen molar-refractivity contribution in [2.24, 2.45) is 0 Å². The second-order valence-corrected chi connectivity index (χ2v) is 6.36. The third kappa shape index (κ3) is 3.75. The van der Waals surface area contributed by atoms with E-state index in [9.17, 15) is 9.59 Å². The topological polar surface area (TPSA) is 43.4 Å². The molecule has 0 unspecified atom stereocenters. The standard InChI is InChI=1S/C14H11BrO3S/c1-9(16)10-3-2-4-11(7-10)18-8-12(17)13-5-6-14(15)19-13/h2-7H,8H2,1H3. The minimum Gasteiger partial charge on any atom is -0.485 e. The van der Waals surface area contributed by atoms with Crippen molar-refractivity contribution in [2.45, 2.75) is 6.92 Å². The van der Waals surface area contributed by atoms with Gasteiger partial charge in [-0.05, 0) is 47.1 Å². The molecular weight excluding hydrogens is 328 g/mol. The van der Waals surface area contributed by atoms with Gasteiger partial charge in [0.2, 0.25) is 5.78 Å². The highest BCUT2D eigenvalue weighted by molar-refractivity contribution is 9.11. The van der Waals surface area contributed by atoms with Gasteiger partial charge in [0.1, 0.15) is 5.75 Å². The summed E-state index contributed by atoms with van der Waals surface area (Å²) in [6.07, 6.45) is 0. The Balaban J connectivity index is 2.01. The lowest BCUT2D eigenvalue weighted by Gasteiger charge is -2.05. The van der Waals surface area contributed by atoms with Gasteiger partial charge in [0, 0.05) is 5.56 Å². The molecule has 1 aromatic heterocycles. The molecule has 0 fully saturated rings. The van der Waals surface area contributed by atoms with Crippen molar-refractivity contribution in [2.75, 3.05) is 6.61 Å². The fraction of sp³-hybridized carbons (Fsp3) is 0.143. The lowest BCUT2D eigenvalue weighted by atomic mass is 10.1. The molecule has 0 N–H and O–H groups in total. The summed E-state index contributed by atoms with van der Waals surface area (Å²) in [6.45, 7) is 1.46. The van der Waals surface area contributed by atoms with Crippen molar-refractivity contribution in [3.63, 3.8) is 0 Å². The van der Waals surface area contributed by atoms with Crippen LogP contribution in [0.25, 0.3) is 0 Å². The van der Waals surface area contributed by atoms with Crippen molar-refractivity contribution in [1.29, 1.82) is 0 Å². The van der Waals surface area contributed by atoms with Crippen molar-refractivity contribution < 1.29 is 14.3 Å². The zero-order valence-corrected chi connectivity index (χ0v) is 12.6. The average molecular weight is 339 g/mol. The molecule has 0 spiro atoms. The first kappa shape index (κ1) is 14.0. The maximum atomic E-state index is 11.8. The number of benzene rings is 1. The van der Waals surface area contributed by atoms with E-state index in [4.69, 9.17) is 4.74 Å². The minimum atomic E-state index is -0.0797. The van der Waals surface area contributed by atoms with Gasteiger partial charge in [-0.1, -0.05) is 12.1 Å². The Morgan fingerprint density at radius 3 is 2.68 bits per heavy atom. The van der Waals surface area contributed by atoms with Crippen LogP contribution in [0.2, 0.25) is 0 Å². The first-order valence-electron chi connectivity index (χ1n) is 5.58. The molecule has 98 valence electrons. The van der Waals surface area contributed by atoms with E-state index in [1.165, 1.54) is 18.3 Å². The van der Waals surface area contributed by atoms with Crippen molar-refractivity contribution in [3.8, 4) is 5.75 Å². The van der Waals surface area contributed by atoms with E-state index in [-0.39, 0.29) is 18.2 Å². The molecule has 1 heterocycles. The van der Waals surface area contributed by atoms with E-state index in [0.717, 1.165) is 3.79 Å². The summed E-state index contributed by atoms with van der Waals surface area (Å²) in [5.41, 5.74) is 0.573. The van der Waals surface area contributed by atoms with E-state index in [1.807, 2.05) is 6.07 Å². The van der Waals surface area contributed by atoms with Crippen LogP contribution in [0.15, 0.2) is 40.2 Å². The number of hydrogen-bond acceptors (Lipinski definition) is 4. The second kappa shape index (κ2) is 6.12. The van der Waals surface area contributed by atoms with Gasteiger partial charge < -0.3 is 4.74 Å². The summed E-state index contributed by atoms with van der Waals surface area (Å²) in [6, 6.07) is 10.4. The summed E-state index contributed by atoms with van der Waals surface area (Å²) in [5, 5.41) is 0. The molecule has 0 amide bonds. The van der Waals surface area contributed by atoms with Crippen LogP contribution in [0.3, 0.4) is 0 Å². The molecule has 2 rings (SSSR count). The molecule has 0 saturated heterocycles. The number of carbonyl (C=O) groups is 2. The zero-order valence-electron chi connectivity index (χ0n) is 10.2. The number of carbonyl (C=O) groups excluding carboxylic acids is 2. The van der Waals surface area contributed by atoms with Crippen molar-refractivity contribution in [1.82, 2.24) is 0 Å². The van der Waals surface area contributed by atoms with Crippen LogP contribution >= 0.6 is 27.3 Å². The van der Waals surface area contributed by atoms with Crippen molar-refractivity contribution in [3.05, 3.63) is 50.6 Å². The highest BCUT2D eigenvalue weighted by Gasteiger charge is 2.10. The van der Waals surface area contributed by atoms with Gasteiger partial charge in [-0.3, -0.25) is 9.59 Å². The molecule has 0 atom stereocenters. The van der Waals surface area contributed by atoms with Gasteiger partial charge in [-0.15, -0.1) is 11.3 Å². The summed E-state index contributed by atoms with van der Waals surface area (Å²) < 4.78 is 6.32. The Morgan fingerprint density at radius 1 is 1.26 bits per heavy atom. The number of ether oxygens (including phenoxy) is 1. The molecule has 0 aliphatic carbocycles. The van der Waals surface area contributed by atoms with E-state index < -0.39 is 0 Å². The number of Topliss-reactive ketones (excluding diaryl/α,β-unsaturated/α-hetero) is 2. The molecule has 2 aromatic rings. The summed E-state index contributed by atoms with van der Waals surface area (Å²) in [4.78, 5) is 23.7. The quantitative estimate of drug-likeness (QED) is 0.774. The van der Waals surface area contributed by atoms with E-state index in [1.54, 1.807) is 30.3 Å². The largest absolute Gasteiger partial charge is 0.485 e. The van der Waals surface area contributed by atoms with Gasteiger partial charge in [-0.2, -0.15) is 0 Å². The summed E-state index contributed by atoms with van der Waals surface area (Å²) in [5.74, 6) is 0.416. The number of halogens is 1. The molecule has 19 heavy (non-hydrogen) atoms. The van der Waals surface area contributed by atoms with Crippen LogP contribution in [0.1, 0.15) is 27.0 Å². The van der Waals surface area contributed by atoms with E-state index in [0.29, 0.717) is 16.2 Å². The normalized spacial score (nSPS) is 10.2. The Labute approximate surface area is 123 Å². The van der Waals surface area contributed by atoms with Crippen LogP contribution in [0, 0.1) is 0 Å². The fourth-order valence-corrected chi connectivity index (χ4v) is 2.80. The number of rotatable bonds is 5. The Hall–Kier alpha value is -1.46. The van der Waals surface area contributed by atoms with Crippen LogP contribution < -0.4 is 4.74 Å². The predicted molar refractivity (Wildman–Crippen MR) is 78.3 cm³/mol. The molecule has 0 aliphatic rings. The molecule has 3 nitrogen and oxygen atoms in total. The number of hydrogen-bond donors (Lipinski definition) is 0. The molecule has 0 radical (unpaired) electrons. The second-order valence-electron chi connectivity index (χ2n) is 3.90. The first-order valence-corrected chi connectivity index (χ1v) is 7.19. The van der Waals surface area contributed by atoms with Gasteiger partial charge in [-0.25, -0.2) is 0 Å². The van der Waals surface area contributed by atoms with Gasteiger partial charge in [0.05, 0.1) is 8.66 Å². The average Bonchev–Trinajstić information content (AvgIpc) is 2.83. The molecular formula is C14H11BrO3S. The van der Waals surface area contributed by atoms with Gasteiger partial charge in [0.15, 0.2) is 12.4 Å². The predicted octanol–water partition coefficient (Wildman–Crippen LogP) is 3.97. The first-order chi connectivity index (χ1) is 9.06. The Bertz CT molecular complexity index is 619. The SMILES string of the molecule is CC(=O)c1cccc(OCC(=O)c2ccc(Br)s2)c1. The van der Waals surface area contributed by atoms with Gasteiger partial charge in [0.25, 0.3) is 0 Å². The third-order valence-electron chi connectivity index (χ3n) is 2.46. The Kier molecular flexibility index (Phi) is 4.50. The van der Waals surface area contributed by atoms with E-state index >= 15 is 0 Å². The maximum Gasteiger partial charge on any atom is 0.210 e. The van der Waals surface area contributed by atoms with Crippen LogP contribution in [-0.4, -0.2) is 18.2 Å². The lowest BCUT2D eigenvalue weighted by Crippen LogP contribution is -2.10.